The lowest BCUT2D eigenvalue weighted by Gasteiger charge is -2.04. The minimum atomic E-state index is -1.04. The number of carboxylic acids is 1. The maximum atomic E-state index is 10.8. The Labute approximate surface area is 111 Å². The first kappa shape index (κ1) is 13.4. The molecule has 0 spiro atoms. The van der Waals surface area contributed by atoms with Crippen molar-refractivity contribution in [2.75, 3.05) is 6.54 Å². The van der Waals surface area contributed by atoms with Gasteiger partial charge < -0.3 is 19.4 Å². The molecular formula is C13H17N3O3. The van der Waals surface area contributed by atoms with E-state index in [1.54, 1.807) is 19.2 Å². The number of hydrogen-bond donors (Lipinski definition) is 2. The number of nitrogens with one attached hydrogen (secondary N) is 1. The largest absolute Gasteiger partial charge is 0.475 e. The molecule has 0 saturated carbocycles. The summed E-state index contributed by atoms with van der Waals surface area (Å²) < 4.78 is 7.12. The van der Waals surface area contributed by atoms with Gasteiger partial charge in [-0.15, -0.1) is 0 Å². The molecule has 0 aliphatic carbocycles. The lowest BCUT2D eigenvalue weighted by molar-refractivity contribution is 0.0661. The van der Waals surface area contributed by atoms with Crippen molar-refractivity contribution in [2.24, 2.45) is 7.05 Å². The normalized spacial score (nSPS) is 10.8. The van der Waals surface area contributed by atoms with Gasteiger partial charge in [0.1, 0.15) is 11.6 Å². The second kappa shape index (κ2) is 5.71. The Morgan fingerprint density at radius 1 is 1.58 bits per heavy atom. The second-order valence-electron chi connectivity index (χ2n) is 4.38. The number of aryl methyl sites for hydroxylation is 2. The van der Waals surface area contributed by atoms with Gasteiger partial charge in [0.2, 0.25) is 5.76 Å². The Morgan fingerprint density at radius 3 is 2.95 bits per heavy atom. The van der Waals surface area contributed by atoms with Gasteiger partial charge in [0.25, 0.3) is 0 Å². The van der Waals surface area contributed by atoms with E-state index in [1.807, 2.05) is 17.8 Å². The molecule has 0 bridgehead atoms. The SMILES string of the molecule is Cc1oc(C(=O)O)cc1CNCCc1nccn1C. The topological polar surface area (TPSA) is 80.3 Å². The number of carbonyl (C=O) groups is 1. The predicted octanol–water partition coefficient (Wildman–Crippen LogP) is 1.35. The molecule has 0 saturated heterocycles. The van der Waals surface area contributed by atoms with Crippen molar-refractivity contribution < 1.29 is 14.3 Å². The van der Waals surface area contributed by atoms with E-state index in [0.29, 0.717) is 12.3 Å². The third-order valence-electron chi connectivity index (χ3n) is 2.99. The highest BCUT2D eigenvalue weighted by atomic mass is 16.4. The van der Waals surface area contributed by atoms with Gasteiger partial charge in [0.15, 0.2) is 0 Å². The maximum Gasteiger partial charge on any atom is 0.371 e. The van der Waals surface area contributed by atoms with E-state index in [-0.39, 0.29) is 5.76 Å². The van der Waals surface area contributed by atoms with E-state index >= 15 is 0 Å². The summed E-state index contributed by atoms with van der Waals surface area (Å²) in [5.74, 6) is 0.602. The Bertz CT molecular complexity index is 571. The van der Waals surface area contributed by atoms with Crippen molar-refractivity contribution in [3.8, 4) is 0 Å². The first-order valence-electron chi connectivity index (χ1n) is 6.07. The Hall–Kier alpha value is -2.08. The molecular weight excluding hydrogens is 246 g/mol. The molecule has 102 valence electrons. The molecule has 0 amide bonds. The average molecular weight is 263 g/mol. The van der Waals surface area contributed by atoms with Crippen LogP contribution in [0.5, 0.6) is 0 Å². The molecule has 0 atom stereocenters. The van der Waals surface area contributed by atoms with Gasteiger partial charge in [0.05, 0.1) is 0 Å². The average Bonchev–Trinajstić information content (AvgIpc) is 2.92. The standard InChI is InChI=1S/C13H17N3O3/c1-9-10(7-11(19-9)13(17)18)8-14-4-3-12-15-5-6-16(12)2/h5-7,14H,3-4,8H2,1-2H3,(H,17,18). The molecule has 0 aliphatic heterocycles. The van der Waals surface area contributed by atoms with Crippen LogP contribution < -0.4 is 5.32 Å². The monoisotopic (exact) mass is 263 g/mol. The zero-order valence-corrected chi connectivity index (χ0v) is 11.0. The molecule has 6 heteroatoms. The third-order valence-corrected chi connectivity index (χ3v) is 2.99. The second-order valence-corrected chi connectivity index (χ2v) is 4.38. The summed E-state index contributed by atoms with van der Waals surface area (Å²) >= 11 is 0. The van der Waals surface area contributed by atoms with Crippen LogP contribution in [0.2, 0.25) is 0 Å². The van der Waals surface area contributed by atoms with Gasteiger partial charge in [-0.3, -0.25) is 0 Å². The van der Waals surface area contributed by atoms with Crippen LogP contribution in [0, 0.1) is 6.92 Å². The number of aromatic carboxylic acids is 1. The number of carboxylic acid groups (broad SMARTS) is 1. The Morgan fingerprint density at radius 2 is 2.37 bits per heavy atom. The lowest BCUT2D eigenvalue weighted by atomic mass is 10.2. The minimum absolute atomic E-state index is 0.0154. The molecule has 19 heavy (non-hydrogen) atoms. The maximum absolute atomic E-state index is 10.8. The molecule has 2 aromatic rings. The fourth-order valence-corrected chi connectivity index (χ4v) is 1.86. The van der Waals surface area contributed by atoms with Gasteiger partial charge in [-0.2, -0.15) is 0 Å². The number of aromatic nitrogens is 2. The van der Waals surface area contributed by atoms with Crippen LogP contribution in [0.4, 0.5) is 0 Å². The summed E-state index contributed by atoms with van der Waals surface area (Å²) in [6.07, 6.45) is 4.51. The van der Waals surface area contributed by atoms with Crippen molar-refractivity contribution in [3.63, 3.8) is 0 Å². The van der Waals surface area contributed by atoms with Crippen molar-refractivity contribution in [3.05, 3.63) is 41.4 Å². The summed E-state index contributed by atoms with van der Waals surface area (Å²) in [4.78, 5) is 15.0. The lowest BCUT2D eigenvalue weighted by Crippen LogP contribution is -2.18. The zero-order chi connectivity index (χ0) is 13.8. The van der Waals surface area contributed by atoms with E-state index < -0.39 is 5.97 Å². The van der Waals surface area contributed by atoms with Crippen LogP contribution in [0.25, 0.3) is 0 Å². The van der Waals surface area contributed by atoms with Crippen LogP contribution in [-0.4, -0.2) is 27.2 Å². The van der Waals surface area contributed by atoms with Crippen molar-refractivity contribution in [1.82, 2.24) is 14.9 Å². The van der Waals surface area contributed by atoms with Gasteiger partial charge in [-0.25, -0.2) is 9.78 Å². The summed E-state index contributed by atoms with van der Waals surface area (Å²) in [5, 5.41) is 12.1. The van der Waals surface area contributed by atoms with E-state index in [1.165, 1.54) is 0 Å². The number of hydrogen-bond acceptors (Lipinski definition) is 4. The molecule has 6 nitrogen and oxygen atoms in total. The van der Waals surface area contributed by atoms with Gasteiger partial charge >= 0.3 is 5.97 Å². The van der Waals surface area contributed by atoms with Gasteiger partial charge in [-0.05, 0) is 13.0 Å². The number of furan rings is 1. The molecule has 0 radical (unpaired) electrons. The zero-order valence-electron chi connectivity index (χ0n) is 11.0. The highest BCUT2D eigenvalue weighted by molar-refractivity contribution is 5.84. The summed E-state index contributed by atoms with van der Waals surface area (Å²) in [6.45, 7) is 3.13. The Kier molecular flexibility index (Phi) is 4.01. The fourth-order valence-electron chi connectivity index (χ4n) is 1.86. The molecule has 0 aliphatic rings. The van der Waals surface area contributed by atoms with E-state index in [9.17, 15) is 4.79 Å². The molecule has 2 N–H and O–H groups in total. The summed E-state index contributed by atoms with van der Waals surface area (Å²) in [5.41, 5.74) is 0.872. The molecule has 2 heterocycles. The molecule has 0 unspecified atom stereocenters. The van der Waals surface area contributed by atoms with E-state index in [2.05, 4.69) is 10.3 Å². The highest BCUT2D eigenvalue weighted by Gasteiger charge is 2.12. The molecule has 2 rings (SSSR count). The first-order chi connectivity index (χ1) is 9.08. The Balaban J connectivity index is 1.83. The van der Waals surface area contributed by atoms with Crippen molar-refractivity contribution in [2.45, 2.75) is 19.9 Å². The van der Waals surface area contributed by atoms with Crippen LogP contribution in [0.1, 0.15) is 27.7 Å². The first-order valence-corrected chi connectivity index (χ1v) is 6.07. The van der Waals surface area contributed by atoms with Gasteiger partial charge in [0, 0.05) is 44.5 Å². The molecule has 0 fully saturated rings. The smallest absolute Gasteiger partial charge is 0.371 e. The van der Waals surface area contributed by atoms with Gasteiger partial charge in [-0.1, -0.05) is 0 Å². The fraction of sp³-hybridized carbons (Fsp3) is 0.385. The van der Waals surface area contributed by atoms with Crippen LogP contribution in [0.3, 0.4) is 0 Å². The van der Waals surface area contributed by atoms with Crippen LogP contribution in [0.15, 0.2) is 22.9 Å². The van der Waals surface area contributed by atoms with E-state index in [4.69, 9.17) is 9.52 Å². The van der Waals surface area contributed by atoms with Crippen LogP contribution in [-0.2, 0) is 20.0 Å². The third kappa shape index (κ3) is 3.23. The molecule has 0 aromatic carbocycles. The van der Waals surface area contributed by atoms with Crippen molar-refractivity contribution in [1.29, 1.82) is 0 Å². The summed E-state index contributed by atoms with van der Waals surface area (Å²) in [7, 11) is 1.96. The minimum Gasteiger partial charge on any atom is -0.475 e. The van der Waals surface area contributed by atoms with E-state index in [0.717, 1.165) is 24.4 Å². The number of nitrogens with zero attached hydrogens (tertiary/aromatic N) is 2. The summed E-state index contributed by atoms with van der Waals surface area (Å²) in [6, 6.07) is 1.56. The van der Waals surface area contributed by atoms with Crippen LogP contribution >= 0.6 is 0 Å². The molecule has 2 aromatic heterocycles. The number of rotatable bonds is 6. The predicted molar refractivity (Wildman–Crippen MR) is 69.0 cm³/mol. The quantitative estimate of drug-likeness (QED) is 0.769. The highest BCUT2D eigenvalue weighted by Crippen LogP contribution is 2.14. The van der Waals surface area contributed by atoms with Crippen molar-refractivity contribution >= 4 is 5.97 Å². The number of imidazole rings is 1.